The van der Waals surface area contributed by atoms with E-state index < -0.39 is 0 Å². The van der Waals surface area contributed by atoms with Crippen LogP contribution in [0.2, 0.25) is 0 Å². The second kappa shape index (κ2) is 2.87. The third kappa shape index (κ3) is 1.49. The molecule has 0 fully saturated rings. The molecule has 52 valence electrons. The van der Waals surface area contributed by atoms with Crippen LogP contribution in [0.15, 0.2) is 12.5 Å². The van der Waals surface area contributed by atoms with Gasteiger partial charge in [-0.05, 0) is 6.92 Å². The van der Waals surface area contributed by atoms with Gasteiger partial charge in [-0.3, -0.25) is 0 Å². The third-order valence-electron chi connectivity index (χ3n) is 1.06. The van der Waals surface area contributed by atoms with Gasteiger partial charge in [-0.1, -0.05) is 0 Å². The van der Waals surface area contributed by atoms with Crippen LogP contribution in [0, 0.1) is 11.3 Å². The van der Waals surface area contributed by atoms with Gasteiger partial charge in [0.25, 0.3) is 0 Å². The number of nitrogens with one attached hydrogen (secondary N) is 2. The molecule has 0 spiro atoms. The van der Waals surface area contributed by atoms with Crippen molar-refractivity contribution in [3.05, 3.63) is 12.5 Å². The van der Waals surface area contributed by atoms with Crippen molar-refractivity contribution in [2.45, 2.75) is 13.0 Å². The topological polar surface area (TPSA) is 64.5 Å². The van der Waals surface area contributed by atoms with E-state index in [4.69, 9.17) is 5.26 Å². The van der Waals surface area contributed by atoms with Gasteiger partial charge in [0, 0.05) is 0 Å². The van der Waals surface area contributed by atoms with Gasteiger partial charge in [0.1, 0.15) is 11.9 Å². The summed E-state index contributed by atoms with van der Waals surface area (Å²) in [6.45, 7) is 1.78. The number of hydrogen-bond acceptors (Lipinski definition) is 3. The molecule has 1 aromatic rings. The lowest BCUT2D eigenvalue weighted by Gasteiger charge is -2.02. The molecule has 1 rings (SSSR count). The first-order chi connectivity index (χ1) is 4.83. The number of hydrogen-bond donors (Lipinski definition) is 2. The van der Waals surface area contributed by atoms with Crippen LogP contribution in [0.5, 0.6) is 0 Å². The maximum atomic E-state index is 8.39. The lowest BCUT2D eigenvalue weighted by atomic mass is 10.4. The smallest absolute Gasteiger partial charge is 0.124 e. The third-order valence-corrected chi connectivity index (χ3v) is 1.06. The minimum Gasteiger partial charge on any atom is -0.355 e. The monoisotopic (exact) mass is 136 g/mol. The molecule has 1 aromatic heterocycles. The zero-order valence-corrected chi connectivity index (χ0v) is 5.63. The molecule has 0 aliphatic rings. The summed E-state index contributed by atoms with van der Waals surface area (Å²) < 4.78 is 0. The molecule has 0 radical (unpaired) electrons. The van der Waals surface area contributed by atoms with Crippen LogP contribution in [0.4, 0.5) is 5.82 Å². The average Bonchev–Trinajstić information content (AvgIpc) is 2.40. The molecule has 0 saturated heterocycles. The van der Waals surface area contributed by atoms with E-state index in [-0.39, 0.29) is 6.04 Å². The highest BCUT2D eigenvalue weighted by molar-refractivity contribution is 5.33. The Labute approximate surface area is 58.9 Å². The van der Waals surface area contributed by atoms with Gasteiger partial charge in [-0.2, -0.15) is 5.26 Å². The second-order valence-corrected chi connectivity index (χ2v) is 1.96. The number of H-pyrrole nitrogens is 1. The molecule has 0 aliphatic carbocycles. The predicted octanol–water partition coefficient (Wildman–Crippen LogP) is 0.734. The minimum atomic E-state index is -0.180. The molecule has 10 heavy (non-hydrogen) atoms. The van der Waals surface area contributed by atoms with E-state index in [0.29, 0.717) is 0 Å². The fourth-order valence-corrected chi connectivity index (χ4v) is 0.600. The van der Waals surface area contributed by atoms with Gasteiger partial charge in [0.05, 0.1) is 18.6 Å². The van der Waals surface area contributed by atoms with E-state index in [1.807, 2.05) is 6.07 Å². The largest absolute Gasteiger partial charge is 0.355 e. The predicted molar refractivity (Wildman–Crippen MR) is 37.3 cm³/mol. The number of nitrogens with zero attached hydrogens (tertiary/aromatic N) is 2. The number of imidazole rings is 1. The Morgan fingerprint density at radius 1 is 1.90 bits per heavy atom. The van der Waals surface area contributed by atoms with Gasteiger partial charge in [-0.25, -0.2) is 4.98 Å². The standard InChI is InChI=1S/C6H8N4/c1-5(2-7)10-6-3-8-4-9-6/h3-5,10H,1H3,(H,8,9). The number of anilines is 1. The normalized spacial score (nSPS) is 12.0. The SMILES string of the molecule is CC(C#N)Nc1cnc[nH]1. The van der Waals surface area contributed by atoms with Crippen molar-refractivity contribution in [2.24, 2.45) is 0 Å². The van der Waals surface area contributed by atoms with Crippen molar-refractivity contribution in [1.29, 1.82) is 5.26 Å². The summed E-state index contributed by atoms with van der Waals surface area (Å²) in [7, 11) is 0. The number of rotatable bonds is 2. The molecule has 0 saturated carbocycles. The van der Waals surface area contributed by atoms with Crippen molar-refractivity contribution >= 4 is 5.82 Å². The highest BCUT2D eigenvalue weighted by Gasteiger charge is 1.97. The molecule has 0 bridgehead atoms. The fourth-order valence-electron chi connectivity index (χ4n) is 0.600. The Bertz CT molecular complexity index is 220. The summed E-state index contributed by atoms with van der Waals surface area (Å²) in [6.07, 6.45) is 3.19. The zero-order chi connectivity index (χ0) is 7.40. The highest BCUT2D eigenvalue weighted by Crippen LogP contribution is 1.99. The molecular formula is C6H8N4. The minimum absolute atomic E-state index is 0.180. The summed E-state index contributed by atoms with van der Waals surface area (Å²) in [6, 6.07) is 1.86. The van der Waals surface area contributed by atoms with Gasteiger partial charge in [-0.15, -0.1) is 0 Å². The van der Waals surface area contributed by atoms with Crippen LogP contribution in [0.25, 0.3) is 0 Å². The van der Waals surface area contributed by atoms with Crippen LogP contribution in [-0.2, 0) is 0 Å². The Balaban J connectivity index is 2.50. The summed E-state index contributed by atoms with van der Waals surface area (Å²) in [4.78, 5) is 6.61. The van der Waals surface area contributed by atoms with Gasteiger partial charge in [0.15, 0.2) is 0 Å². The van der Waals surface area contributed by atoms with Crippen LogP contribution in [0.1, 0.15) is 6.92 Å². The van der Waals surface area contributed by atoms with Crippen molar-refractivity contribution in [2.75, 3.05) is 5.32 Å². The Kier molecular flexibility index (Phi) is 1.90. The molecule has 0 aromatic carbocycles. The Morgan fingerprint density at radius 3 is 3.20 bits per heavy atom. The zero-order valence-electron chi connectivity index (χ0n) is 5.63. The van der Waals surface area contributed by atoms with Crippen LogP contribution >= 0.6 is 0 Å². The average molecular weight is 136 g/mol. The molecule has 0 amide bonds. The first-order valence-electron chi connectivity index (χ1n) is 2.97. The van der Waals surface area contributed by atoms with Crippen LogP contribution in [-0.4, -0.2) is 16.0 Å². The van der Waals surface area contributed by atoms with Crippen LogP contribution in [0.3, 0.4) is 0 Å². The van der Waals surface area contributed by atoms with Crippen LogP contribution < -0.4 is 5.32 Å². The molecule has 4 heteroatoms. The highest BCUT2D eigenvalue weighted by atomic mass is 15.0. The van der Waals surface area contributed by atoms with E-state index in [1.165, 1.54) is 0 Å². The maximum Gasteiger partial charge on any atom is 0.124 e. The fraction of sp³-hybridized carbons (Fsp3) is 0.333. The van der Waals surface area contributed by atoms with E-state index >= 15 is 0 Å². The molecule has 1 unspecified atom stereocenters. The first kappa shape index (κ1) is 6.62. The molecule has 2 N–H and O–H groups in total. The van der Waals surface area contributed by atoms with Crippen molar-refractivity contribution in [3.63, 3.8) is 0 Å². The van der Waals surface area contributed by atoms with Crippen molar-refractivity contribution < 1.29 is 0 Å². The van der Waals surface area contributed by atoms with E-state index in [0.717, 1.165) is 5.82 Å². The second-order valence-electron chi connectivity index (χ2n) is 1.96. The Morgan fingerprint density at radius 2 is 2.70 bits per heavy atom. The van der Waals surface area contributed by atoms with Gasteiger partial charge < -0.3 is 10.3 Å². The molecule has 1 heterocycles. The van der Waals surface area contributed by atoms with Crippen molar-refractivity contribution in [3.8, 4) is 6.07 Å². The van der Waals surface area contributed by atoms with E-state index in [9.17, 15) is 0 Å². The van der Waals surface area contributed by atoms with E-state index in [2.05, 4.69) is 15.3 Å². The lowest BCUT2D eigenvalue weighted by Crippen LogP contribution is -2.11. The first-order valence-corrected chi connectivity index (χ1v) is 2.97. The number of aromatic amines is 1. The van der Waals surface area contributed by atoms with E-state index in [1.54, 1.807) is 19.4 Å². The molecule has 1 atom stereocenters. The summed E-state index contributed by atoms with van der Waals surface area (Å²) in [5, 5.41) is 11.3. The lowest BCUT2D eigenvalue weighted by molar-refractivity contribution is 0.998. The molecule has 0 aliphatic heterocycles. The summed E-state index contributed by atoms with van der Waals surface area (Å²) >= 11 is 0. The van der Waals surface area contributed by atoms with Crippen molar-refractivity contribution in [1.82, 2.24) is 9.97 Å². The summed E-state index contributed by atoms with van der Waals surface area (Å²) in [5.74, 6) is 0.772. The number of aromatic nitrogens is 2. The quantitative estimate of drug-likeness (QED) is 0.630. The molecular weight excluding hydrogens is 128 g/mol. The number of nitriles is 1. The van der Waals surface area contributed by atoms with Gasteiger partial charge >= 0.3 is 0 Å². The van der Waals surface area contributed by atoms with Gasteiger partial charge in [0.2, 0.25) is 0 Å². The molecule has 4 nitrogen and oxygen atoms in total. The Hall–Kier alpha value is -1.50. The summed E-state index contributed by atoms with van der Waals surface area (Å²) in [5.41, 5.74) is 0. The maximum absolute atomic E-state index is 8.39.